The van der Waals surface area contributed by atoms with Gasteiger partial charge in [0.05, 0.1) is 24.9 Å². The number of carbonyl (C=O) groups is 1. The van der Waals surface area contributed by atoms with E-state index in [-0.39, 0.29) is 5.91 Å². The van der Waals surface area contributed by atoms with Crippen LogP contribution in [0.1, 0.15) is 47.6 Å². The molecular formula is C20H26N4O2. The Bertz CT molecular complexity index is 764. The molecule has 6 nitrogen and oxygen atoms in total. The zero-order valence-corrected chi connectivity index (χ0v) is 15.7. The molecule has 1 unspecified atom stereocenters. The van der Waals surface area contributed by atoms with Crippen LogP contribution in [0.2, 0.25) is 0 Å². The van der Waals surface area contributed by atoms with Crippen molar-refractivity contribution < 1.29 is 9.53 Å². The molecule has 3 rings (SSSR count). The van der Waals surface area contributed by atoms with Gasteiger partial charge in [0, 0.05) is 43.0 Å². The minimum absolute atomic E-state index is 0.0378. The molecule has 1 amide bonds. The highest BCUT2D eigenvalue weighted by Gasteiger charge is 2.30. The fourth-order valence-corrected chi connectivity index (χ4v) is 3.01. The third-order valence-electron chi connectivity index (χ3n) is 4.81. The third kappa shape index (κ3) is 4.02. The second kappa shape index (κ2) is 8.27. The van der Waals surface area contributed by atoms with Gasteiger partial charge in [0.2, 0.25) is 5.88 Å². The summed E-state index contributed by atoms with van der Waals surface area (Å²) < 4.78 is 5.45. The van der Waals surface area contributed by atoms with Gasteiger partial charge in [-0.25, -0.2) is 4.98 Å². The number of fused-ring (bicyclic) bond motifs is 1. The van der Waals surface area contributed by atoms with E-state index < -0.39 is 0 Å². The van der Waals surface area contributed by atoms with Gasteiger partial charge in [0.1, 0.15) is 0 Å². The van der Waals surface area contributed by atoms with Gasteiger partial charge in [-0.1, -0.05) is 13.0 Å². The Morgan fingerprint density at radius 1 is 1.38 bits per heavy atom. The van der Waals surface area contributed by atoms with Crippen molar-refractivity contribution in [2.24, 2.45) is 0 Å². The van der Waals surface area contributed by atoms with E-state index in [0.29, 0.717) is 37.1 Å². The lowest BCUT2D eigenvalue weighted by Gasteiger charge is -2.14. The van der Waals surface area contributed by atoms with Crippen LogP contribution in [-0.2, 0) is 19.5 Å². The summed E-state index contributed by atoms with van der Waals surface area (Å²) in [6.07, 6.45) is 3.56. The van der Waals surface area contributed by atoms with Gasteiger partial charge in [-0.05, 0) is 31.5 Å². The fraction of sp³-hybridized carbons (Fsp3) is 0.450. The lowest BCUT2D eigenvalue weighted by Crippen LogP contribution is -2.26. The van der Waals surface area contributed by atoms with Gasteiger partial charge in [0.15, 0.2) is 0 Å². The van der Waals surface area contributed by atoms with Crippen LogP contribution in [0, 0.1) is 0 Å². The maximum absolute atomic E-state index is 12.8. The number of nitrogens with one attached hydrogen (secondary N) is 1. The van der Waals surface area contributed by atoms with Gasteiger partial charge in [-0.3, -0.25) is 9.78 Å². The van der Waals surface area contributed by atoms with E-state index in [4.69, 9.17) is 4.74 Å². The molecule has 0 bridgehead atoms. The molecule has 1 aliphatic rings. The van der Waals surface area contributed by atoms with Crippen LogP contribution in [0.25, 0.3) is 0 Å². The van der Waals surface area contributed by atoms with Crippen molar-refractivity contribution >= 4 is 5.91 Å². The number of pyridine rings is 2. The van der Waals surface area contributed by atoms with Crippen molar-refractivity contribution in [1.82, 2.24) is 20.2 Å². The lowest BCUT2D eigenvalue weighted by molar-refractivity contribution is 0.0779. The second-order valence-corrected chi connectivity index (χ2v) is 6.64. The quantitative estimate of drug-likeness (QED) is 0.789. The molecule has 0 fully saturated rings. The number of hydrogen-bond donors (Lipinski definition) is 1. The monoisotopic (exact) mass is 354 g/mol. The summed E-state index contributed by atoms with van der Waals surface area (Å²) in [7, 11) is 1.62. The first-order valence-electron chi connectivity index (χ1n) is 9.11. The van der Waals surface area contributed by atoms with E-state index in [1.165, 1.54) is 0 Å². The molecular weight excluding hydrogens is 328 g/mol. The average molecular weight is 354 g/mol. The minimum atomic E-state index is 0.0378. The predicted octanol–water partition coefficient (Wildman–Crippen LogP) is 2.57. The van der Waals surface area contributed by atoms with E-state index >= 15 is 0 Å². The Kier molecular flexibility index (Phi) is 5.83. The van der Waals surface area contributed by atoms with Gasteiger partial charge in [-0.2, -0.15) is 0 Å². The first-order chi connectivity index (χ1) is 12.6. The molecule has 0 saturated carbocycles. The van der Waals surface area contributed by atoms with E-state index in [2.05, 4.69) is 29.1 Å². The predicted molar refractivity (Wildman–Crippen MR) is 100 cm³/mol. The molecule has 1 aliphatic heterocycles. The van der Waals surface area contributed by atoms with Crippen LogP contribution < -0.4 is 10.1 Å². The number of ether oxygens (including phenoxy) is 1. The molecule has 0 saturated heterocycles. The number of methoxy groups -OCH3 is 1. The second-order valence-electron chi connectivity index (χ2n) is 6.64. The topological polar surface area (TPSA) is 67.4 Å². The Morgan fingerprint density at radius 3 is 2.92 bits per heavy atom. The number of hydrogen-bond acceptors (Lipinski definition) is 5. The first-order valence-corrected chi connectivity index (χ1v) is 9.11. The van der Waals surface area contributed by atoms with Crippen molar-refractivity contribution in [3.63, 3.8) is 0 Å². The zero-order chi connectivity index (χ0) is 18.5. The Labute approximate surface area is 154 Å². The molecule has 0 aliphatic carbocycles. The maximum atomic E-state index is 12.8. The minimum Gasteiger partial charge on any atom is -0.481 e. The summed E-state index contributed by atoms with van der Waals surface area (Å²) in [5.74, 6) is 0.634. The maximum Gasteiger partial charge on any atom is 0.256 e. The van der Waals surface area contributed by atoms with E-state index in [9.17, 15) is 4.79 Å². The van der Waals surface area contributed by atoms with Gasteiger partial charge in [-0.15, -0.1) is 0 Å². The van der Waals surface area contributed by atoms with Crippen molar-refractivity contribution in [1.29, 1.82) is 0 Å². The number of nitrogens with zero attached hydrogens (tertiary/aromatic N) is 3. The normalized spacial score (nSPS) is 14.4. The van der Waals surface area contributed by atoms with Crippen LogP contribution in [-0.4, -0.2) is 40.5 Å². The lowest BCUT2D eigenvalue weighted by atomic mass is 10.1. The smallest absolute Gasteiger partial charge is 0.256 e. The highest BCUT2D eigenvalue weighted by Crippen LogP contribution is 2.27. The van der Waals surface area contributed by atoms with Crippen LogP contribution in [0.15, 0.2) is 30.5 Å². The molecule has 2 aromatic rings. The molecule has 3 heterocycles. The molecule has 26 heavy (non-hydrogen) atoms. The SMILES string of the molecule is CCC(C)NCc1cc2c(nc1OC)CN(CCc1ccccn1)C2=O. The number of amides is 1. The van der Waals surface area contributed by atoms with Gasteiger partial charge >= 0.3 is 0 Å². The van der Waals surface area contributed by atoms with E-state index in [1.807, 2.05) is 29.2 Å². The highest BCUT2D eigenvalue weighted by atomic mass is 16.5. The number of rotatable bonds is 8. The highest BCUT2D eigenvalue weighted by molar-refractivity contribution is 5.98. The summed E-state index contributed by atoms with van der Waals surface area (Å²) in [6, 6.07) is 8.17. The fourth-order valence-electron chi connectivity index (χ4n) is 3.01. The summed E-state index contributed by atoms with van der Waals surface area (Å²) in [6.45, 7) is 6.07. The van der Waals surface area contributed by atoms with Crippen molar-refractivity contribution in [3.05, 3.63) is 53.0 Å². The van der Waals surface area contributed by atoms with Crippen LogP contribution in [0.4, 0.5) is 0 Å². The zero-order valence-electron chi connectivity index (χ0n) is 15.7. The third-order valence-corrected chi connectivity index (χ3v) is 4.81. The van der Waals surface area contributed by atoms with Crippen LogP contribution in [0.5, 0.6) is 5.88 Å². The average Bonchev–Trinajstić information content (AvgIpc) is 2.99. The Balaban J connectivity index is 1.72. The van der Waals surface area contributed by atoms with Gasteiger partial charge in [0.25, 0.3) is 5.91 Å². The first kappa shape index (κ1) is 18.3. The summed E-state index contributed by atoms with van der Waals surface area (Å²) >= 11 is 0. The molecule has 0 aromatic carbocycles. The summed E-state index contributed by atoms with van der Waals surface area (Å²) in [5.41, 5.74) is 3.39. The number of aromatic nitrogens is 2. The summed E-state index contributed by atoms with van der Waals surface area (Å²) in [5, 5.41) is 3.43. The molecule has 1 atom stereocenters. The summed E-state index contributed by atoms with van der Waals surface area (Å²) in [4.78, 5) is 23.5. The molecule has 0 radical (unpaired) electrons. The van der Waals surface area contributed by atoms with Crippen molar-refractivity contribution in [2.45, 2.75) is 45.8 Å². The van der Waals surface area contributed by atoms with Gasteiger partial charge < -0.3 is 15.0 Å². The number of carbonyl (C=O) groups excluding carboxylic acids is 1. The molecule has 2 aromatic heterocycles. The van der Waals surface area contributed by atoms with Crippen molar-refractivity contribution in [2.75, 3.05) is 13.7 Å². The molecule has 138 valence electrons. The molecule has 6 heteroatoms. The van der Waals surface area contributed by atoms with Crippen LogP contribution in [0.3, 0.4) is 0 Å². The molecule has 0 spiro atoms. The van der Waals surface area contributed by atoms with E-state index in [1.54, 1.807) is 13.3 Å². The van der Waals surface area contributed by atoms with Crippen molar-refractivity contribution in [3.8, 4) is 5.88 Å². The largest absolute Gasteiger partial charge is 0.481 e. The van der Waals surface area contributed by atoms with E-state index in [0.717, 1.165) is 29.8 Å². The van der Waals surface area contributed by atoms with Crippen LogP contribution >= 0.6 is 0 Å². The molecule has 1 N–H and O–H groups in total. The Hall–Kier alpha value is -2.47. The standard InChI is InChI=1S/C20H26N4O2/c1-4-14(2)22-12-15-11-17-18(23-19(15)26-3)13-24(20(17)25)10-8-16-7-5-6-9-21-16/h5-7,9,11,14,22H,4,8,10,12-13H2,1-3H3. The Morgan fingerprint density at radius 2 is 2.23 bits per heavy atom.